The molecule has 190 valence electrons. The second-order valence-electron chi connectivity index (χ2n) is 10.9. The lowest BCUT2D eigenvalue weighted by Crippen LogP contribution is -2.57. The lowest BCUT2D eigenvalue weighted by molar-refractivity contribution is -0.133. The Hall–Kier alpha value is -3.16. The molecule has 2 aromatic carbocycles. The van der Waals surface area contributed by atoms with Crippen molar-refractivity contribution in [3.05, 3.63) is 65.4 Å². The van der Waals surface area contributed by atoms with Crippen molar-refractivity contribution >= 4 is 22.6 Å². The van der Waals surface area contributed by atoms with E-state index in [2.05, 4.69) is 39.9 Å². The Morgan fingerprint density at radius 3 is 2.67 bits per heavy atom. The van der Waals surface area contributed by atoms with E-state index in [-0.39, 0.29) is 23.0 Å². The zero-order valence-electron chi connectivity index (χ0n) is 21.3. The largest absolute Gasteiger partial charge is 0.497 e. The molecule has 5 rings (SSSR count). The van der Waals surface area contributed by atoms with Crippen LogP contribution in [0.4, 0.5) is 0 Å². The normalized spacial score (nSPS) is 19.7. The molecular weight excluding hydrogens is 452 g/mol. The maximum absolute atomic E-state index is 14.4. The topological polar surface area (TPSA) is 109 Å². The van der Waals surface area contributed by atoms with Crippen molar-refractivity contribution in [2.24, 2.45) is 11.7 Å². The molecule has 1 aromatic heterocycles. The number of piperidine rings is 1. The standard InChI is InChI=1S/C29H36N4O3/c1-28(2,30)27(35)33-25(15-19-17-32-24-9-8-20(36-3)16-21(19)24)26(34)23-14-18-6-4-5-7-22(18)29(23)10-12-31-13-11-29/h4-9,16-17,23,25,31-32H,10-15,30H2,1-3H3,(H,33,35)/t23-,25-/m0/s1. The highest BCUT2D eigenvalue weighted by atomic mass is 16.5. The number of H-pyrrole nitrogens is 1. The highest BCUT2D eigenvalue weighted by Crippen LogP contribution is 2.49. The van der Waals surface area contributed by atoms with Gasteiger partial charge in [-0.25, -0.2) is 0 Å². The van der Waals surface area contributed by atoms with E-state index in [1.165, 1.54) is 11.1 Å². The van der Waals surface area contributed by atoms with Crippen LogP contribution in [-0.2, 0) is 27.8 Å². The summed E-state index contributed by atoms with van der Waals surface area (Å²) in [5.74, 6) is 0.317. The van der Waals surface area contributed by atoms with Gasteiger partial charge in [0, 0.05) is 34.9 Å². The summed E-state index contributed by atoms with van der Waals surface area (Å²) in [5, 5.41) is 7.49. The van der Waals surface area contributed by atoms with E-state index >= 15 is 0 Å². The minimum Gasteiger partial charge on any atom is -0.497 e. The van der Waals surface area contributed by atoms with Crippen molar-refractivity contribution in [1.29, 1.82) is 0 Å². The summed E-state index contributed by atoms with van der Waals surface area (Å²) >= 11 is 0. The van der Waals surface area contributed by atoms with Crippen molar-refractivity contribution < 1.29 is 14.3 Å². The van der Waals surface area contributed by atoms with Gasteiger partial charge in [-0.1, -0.05) is 24.3 Å². The molecule has 0 radical (unpaired) electrons. The van der Waals surface area contributed by atoms with Gasteiger partial charge in [0.1, 0.15) is 5.75 Å². The summed E-state index contributed by atoms with van der Waals surface area (Å²) in [7, 11) is 1.64. The van der Waals surface area contributed by atoms with Gasteiger partial charge in [0.2, 0.25) is 5.91 Å². The third-order valence-electron chi connectivity index (χ3n) is 8.12. The Balaban J connectivity index is 1.52. The molecule has 0 unspecified atom stereocenters. The maximum atomic E-state index is 14.4. The number of carbonyl (C=O) groups excluding carboxylic acids is 2. The highest BCUT2D eigenvalue weighted by molar-refractivity contribution is 5.96. The predicted molar refractivity (Wildman–Crippen MR) is 141 cm³/mol. The fourth-order valence-corrected chi connectivity index (χ4v) is 6.13. The molecule has 1 saturated heterocycles. The maximum Gasteiger partial charge on any atom is 0.240 e. The van der Waals surface area contributed by atoms with E-state index in [4.69, 9.17) is 10.5 Å². The third-order valence-corrected chi connectivity index (χ3v) is 8.12. The van der Waals surface area contributed by atoms with E-state index in [0.29, 0.717) is 12.8 Å². The number of rotatable bonds is 7. The van der Waals surface area contributed by atoms with Crippen LogP contribution in [0.25, 0.3) is 10.9 Å². The van der Waals surface area contributed by atoms with Gasteiger partial charge in [-0.3, -0.25) is 9.59 Å². The minimum absolute atomic E-state index is 0.0861. The number of methoxy groups -OCH3 is 1. The van der Waals surface area contributed by atoms with Gasteiger partial charge in [-0.15, -0.1) is 0 Å². The number of nitrogens with two attached hydrogens (primary N) is 1. The Morgan fingerprint density at radius 1 is 1.19 bits per heavy atom. The van der Waals surface area contributed by atoms with Crippen LogP contribution >= 0.6 is 0 Å². The smallest absolute Gasteiger partial charge is 0.240 e. The SMILES string of the molecule is COc1ccc2[nH]cc(C[C@H](NC(=O)C(C)(C)N)C(=O)[C@@H]3Cc4ccccc4C34CCNCC4)c2c1. The molecule has 2 atom stereocenters. The second kappa shape index (κ2) is 9.37. The number of ether oxygens (including phenoxy) is 1. The summed E-state index contributed by atoms with van der Waals surface area (Å²) in [6, 6.07) is 13.6. The molecule has 1 fully saturated rings. The van der Waals surface area contributed by atoms with E-state index in [9.17, 15) is 9.59 Å². The molecule has 1 amide bonds. The van der Waals surface area contributed by atoms with Crippen LogP contribution in [0.1, 0.15) is 43.4 Å². The molecule has 1 aliphatic heterocycles. The van der Waals surface area contributed by atoms with Crippen LogP contribution in [0.15, 0.2) is 48.7 Å². The third kappa shape index (κ3) is 4.31. The number of nitrogens with one attached hydrogen (secondary N) is 3. The predicted octanol–water partition coefficient (Wildman–Crippen LogP) is 3.00. The molecule has 2 aliphatic rings. The van der Waals surface area contributed by atoms with Crippen LogP contribution in [0.2, 0.25) is 0 Å². The number of aromatic amines is 1. The van der Waals surface area contributed by atoms with Crippen molar-refractivity contribution in [2.75, 3.05) is 20.2 Å². The van der Waals surface area contributed by atoms with Crippen LogP contribution in [0, 0.1) is 5.92 Å². The van der Waals surface area contributed by atoms with E-state index in [0.717, 1.165) is 48.1 Å². The lowest BCUT2D eigenvalue weighted by atomic mass is 9.66. The Morgan fingerprint density at radius 2 is 1.94 bits per heavy atom. The first-order chi connectivity index (χ1) is 17.2. The molecule has 5 N–H and O–H groups in total. The van der Waals surface area contributed by atoms with Gasteiger partial charge in [-0.2, -0.15) is 0 Å². The van der Waals surface area contributed by atoms with Crippen LogP contribution in [-0.4, -0.2) is 48.5 Å². The number of carbonyl (C=O) groups is 2. The number of amides is 1. The molecule has 2 heterocycles. The first-order valence-electron chi connectivity index (χ1n) is 12.8. The first kappa shape index (κ1) is 24.5. The van der Waals surface area contributed by atoms with Gasteiger partial charge in [0.25, 0.3) is 0 Å². The van der Waals surface area contributed by atoms with Crippen LogP contribution in [0.5, 0.6) is 5.75 Å². The Labute approximate surface area is 212 Å². The number of benzene rings is 2. The number of Topliss-reactive ketones (excluding diaryl/α,β-unsaturated/α-hetero) is 1. The van der Waals surface area contributed by atoms with Gasteiger partial charge in [0.15, 0.2) is 5.78 Å². The van der Waals surface area contributed by atoms with Crippen molar-refractivity contribution in [3.8, 4) is 5.75 Å². The molecular formula is C29H36N4O3. The molecule has 1 aliphatic carbocycles. The van der Waals surface area contributed by atoms with Crippen molar-refractivity contribution in [1.82, 2.24) is 15.6 Å². The first-order valence-corrected chi connectivity index (χ1v) is 12.8. The molecule has 7 heteroatoms. The summed E-state index contributed by atoms with van der Waals surface area (Å²) in [6.07, 6.45) is 4.83. The quantitative estimate of drug-likeness (QED) is 0.409. The fourth-order valence-electron chi connectivity index (χ4n) is 6.13. The van der Waals surface area contributed by atoms with Gasteiger partial charge >= 0.3 is 0 Å². The number of ketones is 1. The van der Waals surface area contributed by atoms with Gasteiger partial charge in [0.05, 0.1) is 18.7 Å². The number of hydrogen-bond donors (Lipinski definition) is 4. The molecule has 0 bridgehead atoms. The monoisotopic (exact) mass is 488 g/mol. The fraction of sp³-hybridized carbons (Fsp3) is 0.448. The Bertz CT molecular complexity index is 1280. The number of fused-ring (bicyclic) bond motifs is 3. The van der Waals surface area contributed by atoms with Crippen LogP contribution in [0.3, 0.4) is 0 Å². The minimum atomic E-state index is -1.09. The summed E-state index contributed by atoms with van der Waals surface area (Å²) < 4.78 is 5.43. The lowest BCUT2D eigenvalue weighted by Gasteiger charge is -2.41. The number of aromatic nitrogens is 1. The summed E-state index contributed by atoms with van der Waals surface area (Å²) in [6.45, 7) is 5.10. The van der Waals surface area contributed by atoms with E-state index < -0.39 is 11.6 Å². The summed E-state index contributed by atoms with van der Waals surface area (Å²) in [4.78, 5) is 30.8. The van der Waals surface area contributed by atoms with Crippen molar-refractivity contribution in [2.45, 2.75) is 56.5 Å². The molecule has 1 spiro atoms. The van der Waals surface area contributed by atoms with E-state index in [1.54, 1.807) is 21.0 Å². The molecule has 0 saturated carbocycles. The van der Waals surface area contributed by atoms with Crippen LogP contribution < -0.4 is 21.1 Å². The molecule has 7 nitrogen and oxygen atoms in total. The van der Waals surface area contributed by atoms with E-state index in [1.807, 2.05) is 24.4 Å². The molecule has 36 heavy (non-hydrogen) atoms. The average molecular weight is 489 g/mol. The highest BCUT2D eigenvalue weighted by Gasteiger charge is 2.51. The summed E-state index contributed by atoms with van der Waals surface area (Å²) in [5.41, 5.74) is 9.31. The van der Waals surface area contributed by atoms with Gasteiger partial charge < -0.3 is 26.1 Å². The van der Waals surface area contributed by atoms with Crippen molar-refractivity contribution in [3.63, 3.8) is 0 Å². The average Bonchev–Trinajstić information content (AvgIpc) is 3.41. The van der Waals surface area contributed by atoms with Gasteiger partial charge in [-0.05, 0) is 81.1 Å². The second-order valence-corrected chi connectivity index (χ2v) is 10.9. The zero-order valence-corrected chi connectivity index (χ0v) is 21.3. The zero-order chi connectivity index (χ0) is 25.5. The molecule has 3 aromatic rings. The Kier molecular flexibility index (Phi) is 6.39. The number of hydrogen-bond acceptors (Lipinski definition) is 5.